The van der Waals surface area contributed by atoms with Crippen LogP contribution in [-0.2, 0) is 16.0 Å². The molecule has 0 aliphatic heterocycles. The second-order valence-electron chi connectivity index (χ2n) is 5.18. The van der Waals surface area contributed by atoms with Crippen LogP contribution in [0, 0.1) is 6.92 Å². The Morgan fingerprint density at radius 3 is 2.87 bits per heavy atom. The van der Waals surface area contributed by atoms with Gasteiger partial charge in [-0.15, -0.1) is 0 Å². The maximum absolute atomic E-state index is 12.0. The van der Waals surface area contributed by atoms with Crippen LogP contribution in [0.3, 0.4) is 0 Å². The van der Waals surface area contributed by atoms with Crippen LogP contribution in [0.2, 0.25) is 0 Å². The highest BCUT2D eigenvalue weighted by molar-refractivity contribution is 5.95. The van der Waals surface area contributed by atoms with Gasteiger partial charge in [0.15, 0.2) is 5.82 Å². The Labute approximate surface area is 132 Å². The first kappa shape index (κ1) is 14.8. The number of carbonyl (C=O) groups excluding carboxylic acids is 2. The van der Waals surface area contributed by atoms with Crippen molar-refractivity contribution in [1.82, 2.24) is 15.5 Å². The van der Waals surface area contributed by atoms with Crippen molar-refractivity contribution in [3.63, 3.8) is 0 Å². The Balaban J connectivity index is 1.52. The molecule has 2 amide bonds. The number of rotatable bonds is 5. The highest BCUT2D eigenvalue weighted by Gasteiger charge is 2.11. The second-order valence-corrected chi connectivity index (χ2v) is 5.18. The number of H-pyrrole nitrogens is 1. The first-order valence-electron chi connectivity index (χ1n) is 7.16. The predicted octanol–water partition coefficient (Wildman–Crippen LogP) is 1.76. The van der Waals surface area contributed by atoms with Crippen molar-refractivity contribution in [2.45, 2.75) is 13.3 Å². The molecule has 3 N–H and O–H groups in total. The number of nitrogens with one attached hydrogen (secondary N) is 3. The lowest BCUT2D eigenvalue weighted by molar-refractivity contribution is -0.123. The van der Waals surface area contributed by atoms with Crippen LogP contribution in [0.5, 0.6) is 0 Å². The first-order valence-corrected chi connectivity index (χ1v) is 7.16. The van der Waals surface area contributed by atoms with E-state index in [4.69, 9.17) is 4.52 Å². The summed E-state index contributed by atoms with van der Waals surface area (Å²) in [5.74, 6) is 0.355. The molecule has 0 saturated carbocycles. The third-order valence-electron chi connectivity index (χ3n) is 3.37. The summed E-state index contributed by atoms with van der Waals surface area (Å²) in [5.41, 5.74) is 1.88. The topological polar surface area (TPSA) is 100 Å². The summed E-state index contributed by atoms with van der Waals surface area (Å²) in [4.78, 5) is 26.8. The lowest BCUT2D eigenvalue weighted by atomic mass is 10.1. The van der Waals surface area contributed by atoms with Gasteiger partial charge < -0.3 is 20.1 Å². The summed E-state index contributed by atoms with van der Waals surface area (Å²) in [5, 5.41) is 9.79. The van der Waals surface area contributed by atoms with Gasteiger partial charge in [0.05, 0.1) is 13.0 Å². The summed E-state index contributed by atoms with van der Waals surface area (Å²) < 4.78 is 4.85. The zero-order valence-corrected chi connectivity index (χ0v) is 12.6. The van der Waals surface area contributed by atoms with Gasteiger partial charge in [0.2, 0.25) is 11.8 Å². The van der Waals surface area contributed by atoms with Crippen LogP contribution >= 0.6 is 0 Å². The average molecular weight is 312 g/mol. The quantitative estimate of drug-likeness (QED) is 0.668. The molecule has 3 aromatic rings. The Bertz CT molecular complexity index is 850. The number of para-hydroxylation sites is 1. The van der Waals surface area contributed by atoms with Crippen molar-refractivity contribution in [3.8, 4) is 0 Å². The van der Waals surface area contributed by atoms with E-state index in [1.807, 2.05) is 30.5 Å². The summed E-state index contributed by atoms with van der Waals surface area (Å²) in [6.45, 7) is 1.61. The van der Waals surface area contributed by atoms with E-state index in [0.29, 0.717) is 11.6 Å². The van der Waals surface area contributed by atoms with Crippen LogP contribution in [-0.4, -0.2) is 28.5 Å². The fourth-order valence-electron chi connectivity index (χ4n) is 2.30. The van der Waals surface area contributed by atoms with Gasteiger partial charge >= 0.3 is 0 Å². The number of fused-ring (bicyclic) bond motifs is 1. The van der Waals surface area contributed by atoms with E-state index in [0.717, 1.165) is 16.5 Å². The van der Waals surface area contributed by atoms with E-state index in [1.165, 1.54) is 0 Å². The number of anilines is 1. The van der Waals surface area contributed by atoms with Crippen molar-refractivity contribution in [3.05, 3.63) is 47.9 Å². The molecule has 0 aliphatic carbocycles. The third-order valence-corrected chi connectivity index (χ3v) is 3.37. The number of aromatic amines is 1. The molecule has 118 valence electrons. The fourth-order valence-corrected chi connectivity index (χ4v) is 2.30. The van der Waals surface area contributed by atoms with Crippen LogP contribution in [0.1, 0.15) is 11.3 Å². The zero-order valence-electron chi connectivity index (χ0n) is 12.6. The molecule has 0 aliphatic rings. The van der Waals surface area contributed by atoms with Gasteiger partial charge in [-0.25, -0.2) is 0 Å². The molecule has 23 heavy (non-hydrogen) atoms. The molecule has 1 aromatic carbocycles. The van der Waals surface area contributed by atoms with Crippen LogP contribution in [0.25, 0.3) is 10.9 Å². The maximum Gasteiger partial charge on any atom is 0.245 e. The molecule has 0 bridgehead atoms. The second kappa shape index (κ2) is 6.35. The molecule has 7 nitrogen and oxygen atoms in total. The molecule has 0 radical (unpaired) electrons. The van der Waals surface area contributed by atoms with E-state index in [-0.39, 0.29) is 24.8 Å². The zero-order chi connectivity index (χ0) is 16.2. The van der Waals surface area contributed by atoms with E-state index >= 15 is 0 Å². The van der Waals surface area contributed by atoms with Crippen LogP contribution in [0.15, 0.2) is 41.1 Å². The summed E-state index contributed by atoms with van der Waals surface area (Å²) >= 11 is 0. The van der Waals surface area contributed by atoms with Crippen molar-refractivity contribution in [2.75, 3.05) is 11.9 Å². The Morgan fingerprint density at radius 2 is 2.09 bits per heavy atom. The van der Waals surface area contributed by atoms with E-state index < -0.39 is 0 Å². The molecule has 7 heteroatoms. The Hall–Kier alpha value is -3.09. The minimum atomic E-state index is -0.356. The number of benzene rings is 1. The number of nitrogens with zero attached hydrogens (tertiary/aromatic N) is 1. The van der Waals surface area contributed by atoms with Crippen LogP contribution < -0.4 is 10.6 Å². The molecular weight excluding hydrogens is 296 g/mol. The Morgan fingerprint density at radius 1 is 1.26 bits per heavy atom. The number of amides is 2. The summed E-state index contributed by atoms with van der Waals surface area (Å²) in [7, 11) is 0. The maximum atomic E-state index is 12.0. The van der Waals surface area contributed by atoms with Crippen molar-refractivity contribution in [2.24, 2.45) is 0 Å². The van der Waals surface area contributed by atoms with E-state index in [9.17, 15) is 9.59 Å². The number of carbonyl (C=O) groups is 2. The monoisotopic (exact) mass is 312 g/mol. The van der Waals surface area contributed by atoms with Crippen molar-refractivity contribution >= 4 is 28.5 Å². The van der Waals surface area contributed by atoms with Gasteiger partial charge in [0, 0.05) is 23.2 Å². The normalized spacial score (nSPS) is 10.7. The van der Waals surface area contributed by atoms with Crippen molar-refractivity contribution in [1.29, 1.82) is 0 Å². The molecular formula is C16H16N4O3. The summed E-state index contributed by atoms with van der Waals surface area (Å²) in [6.07, 6.45) is 2.02. The van der Waals surface area contributed by atoms with Gasteiger partial charge in [0.25, 0.3) is 0 Å². The minimum absolute atomic E-state index is 0.118. The summed E-state index contributed by atoms with van der Waals surface area (Å²) in [6, 6.07) is 9.35. The van der Waals surface area contributed by atoms with Crippen LogP contribution in [0.4, 0.5) is 5.82 Å². The molecule has 0 atom stereocenters. The number of aromatic nitrogens is 2. The predicted molar refractivity (Wildman–Crippen MR) is 84.9 cm³/mol. The van der Waals surface area contributed by atoms with E-state index in [2.05, 4.69) is 20.8 Å². The first-order chi connectivity index (χ1) is 11.1. The van der Waals surface area contributed by atoms with Gasteiger partial charge in [0.1, 0.15) is 5.76 Å². The third kappa shape index (κ3) is 3.57. The number of hydrogen-bond acceptors (Lipinski definition) is 4. The highest BCUT2D eigenvalue weighted by atomic mass is 16.5. The fraction of sp³-hybridized carbons (Fsp3) is 0.188. The molecule has 0 fully saturated rings. The average Bonchev–Trinajstić information content (AvgIpc) is 3.12. The Kier molecular flexibility index (Phi) is 4.09. The van der Waals surface area contributed by atoms with Gasteiger partial charge in [-0.1, -0.05) is 23.4 Å². The van der Waals surface area contributed by atoms with E-state index in [1.54, 1.807) is 13.0 Å². The molecule has 2 heterocycles. The highest BCUT2D eigenvalue weighted by Crippen LogP contribution is 2.17. The van der Waals surface area contributed by atoms with Gasteiger partial charge in [-0.2, -0.15) is 0 Å². The molecule has 0 spiro atoms. The lowest BCUT2D eigenvalue weighted by Crippen LogP contribution is -2.33. The van der Waals surface area contributed by atoms with Gasteiger partial charge in [-0.05, 0) is 18.6 Å². The molecule has 0 unspecified atom stereocenters. The SMILES string of the molecule is Cc1cc(NC(=O)CNC(=O)Cc2c[nH]c3ccccc23)no1. The lowest BCUT2D eigenvalue weighted by Gasteiger charge is -2.04. The smallest absolute Gasteiger partial charge is 0.245 e. The van der Waals surface area contributed by atoms with Crippen molar-refractivity contribution < 1.29 is 14.1 Å². The standard InChI is InChI=1S/C16H16N4O3/c1-10-6-14(20-23-10)19-16(22)9-18-15(21)7-11-8-17-13-5-3-2-4-12(11)13/h2-6,8,17H,7,9H2,1H3,(H,18,21)(H,19,20,22). The molecule has 0 saturated heterocycles. The minimum Gasteiger partial charge on any atom is -0.361 e. The molecule has 3 rings (SSSR count). The number of hydrogen-bond donors (Lipinski definition) is 3. The molecule has 2 aromatic heterocycles. The van der Waals surface area contributed by atoms with Gasteiger partial charge in [-0.3, -0.25) is 9.59 Å². The number of aryl methyl sites for hydroxylation is 1. The largest absolute Gasteiger partial charge is 0.361 e.